The van der Waals surface area contributed by atoms with Gasteiger partial charge in [-0.25, -0.2) is 4.98 Å². The van der Waals surface area contributed by atoms with Gasteiger partial charge < -0.3 is 10.5 Å². The summed E-state index contributed by atoms with van der Waals surface area (Å²) in [5.74, 6) is 0.951. The summed E-state index contributed by atoms with van der Waals surface area (Å²) in [6, 6.07) is 8.15. The zero-order valence-electron chi connectivity index (χ0n) is 11.5. The van der Waals surface area contributed by atoms with Crippen LogP contribution in [0.25, 0.3) is 0 Å². The molecule has 1 aromatic carbocycles. The van der Waals surface area contributed by atoms with Crippen molar-refractivity contribution in [2.75, 3.05) is 0 Å². The SMILES string of the molecule is CCc1ccccc1OCc1nc(CC)c(CN)s1. The highest BCUT2D eigenvalue weighted by molar-refractivity contribution is 7.11. The van der Waals surface area contributed by atoms with Gasteiger partial charge in [0.15, 0.2) is 0 Å². The number of hydrogen-bond acceptors (Lipinski definition) is 4. The van der Waals surface area contributed by atoms with Crippen LogP contribution in [-0.2, 0) is 26.0 Å². The number of hydrogen-bond donors (Lipinski definition) is 1. The molecule has 0 aliphatic rings. The molecular formula is C15H20N2OS. The lowest BCUT2D eigenvalue weighted by molar-refractivity contribution is 0.302. The Labute approximate surface area is 118 Å². The molecule has 0 spiro atoms. The molecule has 0 aliphatic carbocycles. The fraction of sp³-hybridized carbons (Fsp3) is 0.400. The van der Waals surface area contributed by atoms with Crippen LogP contribution in [0.2, 0.25) is 0 Å². The van der Waals surface area contributed by atoms with Gasteiger partial charge in [0.25, 0.3) is 0 Å². The highest BCUT2D eigenvalue weighted by Gasteiger charge is 2.09. The van der Waals surface area contributed by atoms with Crippen LogP contribution >= 0.6 is 11.3 Å². The van der Waals surface area contributed by atoms with Crippen LogP contribution in [0.3, 0.4) is 0 Å². The Balaban J connectivity index is 2.08. The Hall–Kier alpha value is -1.39. The highest BCUT2D eigenvalue weighted by atomic mass is 32.1. The zero-order chi connectivity index (χ0) is 13.7. The monoisotopic (exact) mass is 276 g/mol. The van der Waals surface area contributed by atoms with Crippen molar-refractivity contribution >= 4 is 11.3 Å². The number of benzene rings is 1. The van der Waals surface area contributed by atoms with Crippen molar-refractivity contribution in [3.05, 3.63) is 45.4 Å². The Morgan fingerprint density at radius 3 is 2.63 bits per heavy atom. The molecule has 1 aromatic heterocycles. The van der Waals surface area contributed by atoms with E-state index in [4.69, 9.17) is 10.5 Å². The first kappa shape index (κ1) is 14.0. The number of para-hydroxylation sites is 1. The number of ether oxygens (including phenoxy) is 1. The molecule has 2 aromatic rings. The summed E-state index contributed by atoms with van der Waals surface area (Å²) in [5.41, 5.74) is 8.06. The van der Waals surface area contributed by atoms with Crippen molar-refractivity contribution in [2.24, 2.45) is 5.73 Å². The second kappa shape index (κ2) is 6.68. The van der Waals surface area contributed by atoms with Gasteiger partial charge in [0, 0.05) is 11.4 Å². The fourth-order valence-corrected chi connectivity index (χ4v) is 2.96. The van der Waals surface area contributed by atoms with E-state index in [1.54, 1.807) is 11.3 Å². The van der Waals surface area contributed by atoms with Crippen molar-refractivity contribution in [3.63, 3.8) is 0 Å². The standard InChI is InChI=1S/C15H20N2OS/c1-3-11-7-5-6-8-13(11)18-10-15-17-12(4-2)14(9-16)19-15/h5-8H,3-4,9-10,16H2,1-2H3. The van der Waals surface area contributed by atoms with Crippen molar-refractivity contribution in [1.29, 1.82) is 0 Å². The Bertz CT molecular complexity index is 515. The van der Waals surface area contributed by atoms with Crippen LogP contribution in [0.15, 0.2) is 24.3 Å². The summed E-state index contributed by atoms with van der Waals surface area (Å²) in [7, 11) is 0. The third kappa shape index (κ3) is 3.33. The van der Waals surface area contributed by atoms with E-state index in [1.807, 2.05) is 18.2 Å². The fourth-order valence-electron chi connectivity index (χ4n) is 2.01. The van der Waals surface area contributed by atoms with Gasteiger partial charge in [0.2, 0.25) is 0 Å². The Morgan fingerprint density at radius 1 is 1.21 bits per heavy atom. The number of aromatic nitrogens is 1. The van der Waals surface area contributed by atoms with Gasteiger partial charge in [-0.1, -0.05) is 32.0 Å². The second-order valence-electron chi connectivity index (χ2n) is 4.29. The quantitative estimate of drug-likeness (QED) is 0.880. The van der Waals surface area contributed by atoms with E-state index in [2.05, 4.69) is 24.9 Å². The van der Waals surface area contributed by atoms with Crippen molar-refractivity contribution < 1.29 is 4.74 Å². The maximum Gasteiger partial charge on any atom is 0.140 e. The maximum atomic E-state index is 5.88. The molecule has 0 saturated heterocycles. The molecule has 0 unspecified atom stereocenters. The first-order chi connectivity index (χ1) is 9.28. The lowest BCUT2D eigenvalue weighted by Gasteiger charge is -2.08. The normalized spacial score (nSPS) is 10.7. The summed E-state index contributed by atoms with van der Waals surface area (Å²) < 4.78 is 5.88. The minimum Gasteiger partial charge on any atom is -0.486 e. The van der Waals surface area contributed by atoms with E-state index in [-0.39, 0.29) is 0 Å². The number of thiazole rings is 1. The van der Waals surface area contributed by atoms with Gasteiger partial charge in [-0.3, -0.25) is 0 Å². The van der Waals surface area contributed by atoms with E-state index < -0.39 is 0 Å². The summed E-state index contributed by atoms with van der Waals surface area (Å²) in [5, 5.41) is 1.00. The number of rotatable bonds is 6. The molecule has 0 atom stereocenters. The molecule has 0 bridgehead atoms. The smallest absolute Gasteiger partial charge is 0.140 e. The van der Waals surface area contributed by atoms with E-state index in [1.165, 1.54) is 10.4 Å². The Kier molecular flexibility index (Phi) is 4.93. The van der Waals surface area contributed by atoms with Crippen molar-refractivity contribution in [1.82, 2.24) is 4.98 Å². The molecule has 1 heterocycles. The number of nitrogens with two attached hydrogens (primary N) is 1. The van der Waals surface area contributed by atoms with Crippen LogP contribution in [0.5, 0.6) is 5.75 Å². The molecule has 0 radical (unpaired) electrons. The van der Waals surface area contributed by atoms with E-state index in [0.29, 0.717) is 13.2 Å². The van der Waals surface area contributed by atoms with E-state index in [9.17, 15) is 0 Å². The molecule has 0 aliphatic heterocycles. The van der Waals surface area contributed by atoms with Crippen LogP contribution in [0, 0.1) is 0 Å². The molecule has 0 saturated carbocycles. The molecule has 2 rings (SSSR count). The predicted molar refractivity (Wildman–Crippen MR) is 79.5 cm³/mol. The average Bonchev–Trinajstić information content (AvgIpc) is 2.87. The summed E-state index contributed by atoms with van der Waals surface area (Å²) >= 11 is 1.66. The summed E-state index contributed by atoms with van der Waals surface area (Å²) in [6.45, 7) is 5.32. The lowest BCUT2D eigenvalue weighted by Crippen LogP contribution is -1.98. The third-order valence-electron chi connectivity index (χ3n) is 3.05. The van der Waals surface area contributed by atoms with Gasteiger partial charge in [-0.15, -0.1) is 11.3 Å². The van der Waals surface area contributed by atoms with Crippen LogP contribution in [0.1, 0.15) is 35.0 Å². The van der Waals surface area contributed by atoms with Gasteiger partial charge in [-0.05, 0) is 24.5 Å². The lowest BCUT2D eigenvalue weighted by atomic mass is 10.1. The molecule has 2 N–H and O–H groups in total. The van der Waals surface area contributed by atoms with Gasteiger partial charge in [0.05, 0.1) is 5.69 Å². The van der Waals surface area contributed by atoms with E-state index >= 15 is 0 Å². The van der Waals surface area contributed by atoms with Crippen molar-refractivity contribution in [3.8, 4) is 5.75 Å². The van der Waals surface area contributed by atoms with Gasteiger partial charge >= 0.3 is 0 Å². The molecular weight excluding hydrogens is 256 g/mol. The molecule has 19 heavy (non-hydrogen) atoms. The van der Waals surface area contributed by atoms with Crippen LogP contribution in [-0.4, -0.2) is 4.98 Å². The largest absolute Gasteiger partial charge is 0.486 e. The molecule has 3 nitrogen and oxygen atoms in total. The maximum absolute atomic E-state index is 5.88. The minimum absolute atomic E-state index is 0.523. The van der Waals surface area contributed by atoms with Gasteiger partial charge in [-0.2, -0.15) is 0 Å². The topological polar surface area (TPSA) is 48.1 Å². The highest BCUT2D eigenvalue weighted by Crippen LogP contribution is 2.23. The first-order valence-electron chi connectivity index (χ1n) is 6.66. The minimum atomic E-state index is 0.523. The number of nitrogens with zero attached hydrogens (tertiary/aromatic N) is 1. The third-order valence-corrected chi connectivity index (χ3v) is 4.14. The van der Waals surface area contributed by atoms with Crippen LogP contribution < -0.4 is 10.5 Å². The van der Waals surface area contributed by atoms with Gasteiger partial charge in [0.1, 0.15) is 17.4 Å². The molecule has 0 amide bonds. The molecule has 0 fully saturated rings. The summed E-state index contributed by atoms with van der Waals surface area (Å²) in [6.07, 6.45) is 1.90. The average molecular weight is 276 g/mol. The van der Waals surface area contributed by atoms with Crippen LogP contribution in [0.4, 0.5) is 0 Å². The zero-order valence-corrected chi connectivity index (χ0v) is 12.3. The van der Waals surface area contributed by atoms with E-state index in [0.717, 1.165) is 29.3 Å². The molecule has 4 heteroatoms. The summed E-state index contributed by atoms with van der Waals surface area (Å²) in [4.78, 5) is 5.75. The predicted octanol–water partition coefficient (Wildman–Crippen LogP) is 3.31. The second-order valence-corrected chi connectivity index (χ2v) is 5.45. The first-order valence-corrected chi connectivity index (χ1v) is 7.48. The van der Waals surface area contributed by atoms with Crippen molar-refractivity contribution in [2.45, 2.75) is 39.8 Å². The number of aryl methyl sites for hydroxylation is 2. The molecule has 102 valence electrons. The Morgan fingerprint density at radius 2 is 2.00 bits per heavy atom.